The summed E-state index contributed by atoms with van der Waals surface area (Å²) >= 11 is 0. The van der Waals surface area contributed by atoms with E-state index in [1.165, 1.54) is 18.2 Å². The molecule has 4 heteroatoms. The van der Waals surface area contributed by atoms with E-state index < -0.39 is 0 Å². The van der Waals surface area contributed by atoms with E-state index in [2.05, 4.69) is 10.3 Å². The van der Waals surface area contributed by atoms with E-state index in [4.69, 9.17) is 0 Å². The minimum Gasteiger partial charge on any atom is -0.381 e. The molecular formula is C13H12F2N2. The zero-order chi connectivity index (χ0) is 12.3. The molecule has 0 bridgehead atoms. The van der Waals surface area contributed by atoms with Crippen LogP contribution < -0.4 is 5.32 Å². The summed E-state index contributed by atoms with van der Waals surface area (Å²) in [7, 11) is 0. The van der Waals surface area contributed by atoms with Gasteiger partial charge in [0.25, 0.3) is 0 Å². The summed E-state index contributed by atoms with van der Waals surface area (Å²) in [5, 5.41) is 3.02. The van der Waals surface area contributed by atoms with Crippen molar-refractivity contribution >= 4 is 5.69 Å². The SMILES string of the molecule is Cc1cc(F)cc(NCc2cncc(F)c2)c1. The largest absolute Gasteiger partial charge is 0.381 e. The quantitative estimate of drug-likeness (QED) is 0.881. The molecule has 0 unspecified atom stereocenters. The van der Waals surface area contributed by atoms with Gasteiger partial charge in [0.2, 0.25) is 0 Å². The molecule has 2 aromatic rings. The third kappa shape index (κ3) is 3.24. The molecular weight excluding hydrogens is 222 g/mol. The van der Waals surface area contributed by atoms with Gasteiger partial charge in [-0.05, 0) is 42.3 Å². The van der Waals surface area contributed by atoms with E-state index >= 15 is 0 Å². The maximum Gasteiger partial charge on any atom is 0.141 e. The fourth-order valence-electron chi connectivity index (χ4n) is 1.60. The van der Waals surface area contributed by atoms with E-state index in [9.17, 15) is 8.78 Å². The topological polar surface area (TPSA) is 24.9 Å². The van der Waals surface area contributed by atoms with Crippen molar-refractivity contribution in [2.75, 3.05) is 5.32 Å². The van der Waals surface area contributed by atoms with Gasteiger partial charge in [-0.1, -0.05) is 0 Å². The number of aromatic nitrogens is 1. The van der Waals surface area contributed by atoms with E-state index in [0.717, 1.165) is 11.8 Å². The lowest BCUT2D eigenvalue weighted by Crippen LogP contribution is -2.01. The van der Waals surface area contributed by atoms with Gasteiger partial charge in [0, 0.05) is 18.4 Å². The van der Waals surface area contributed by atoms with Crippen LogP contribution in [0.4, 0.5) is 14.5 Å². The van der Waals surface area contributed by atoms with Gasteiger partial charge in [0.1, 0.15) is 11.6 Å². The van der Waals surface area contributed by atoms with Crippen LogP contribution >= 0.6 is 0 Å². The second-order valence-corrected chi connectivity index (χ2v) is 3.88. The smallest absolute Gasteiger partial charge is 0.141 e. The van der Waals surface area contributed by atoms with Gasteiger partial charge in [0.05, 0.1) is 6.20 Å². The standard InChI is InChI=1S/C13H12F2N2/c1-9-2-11(14)5-13(3-9)17-7-10-4-12(15)8-16-6-10/h2-6,8,17H,7H2,1H3. The molecule has 1 aromatic heterocycles. The highest BCUT2D eigenvalue weighted by atomic mass is 19.1. The molecule has 88 valence electrons. The van der Waals surface area contributed by atoms with Crippen LogP contribution in [0.2, 0.25) is 0 Å². The third-order valence-corrected chi connectivity index (χ3v) is 2.30. The molecule has 2 rings (SSSR count). The third-order valence-electron chi connectivity index (χ3n) is 2.30. The highest BCUT2D eigenvalue weighted by molar-refractivity contribution is 5.46. The molecule has 0 atom stereocenters. The lowest BCUT2D eigenvalue weighted by Gasteiger charge is -2.07. The molecule has 0 spiro atoms. The zero-order valence-electron chi connectivity index (χ0n) is 9.37. The average molecular weight is 234 g/mol. The van der Waals surface area contributed by atoms with Crippen molar-refractivity contribution in [2.45, 2.75) is 13.5 Å². The Morgan fingerprint density at radius 2 is 1.88 bits per heavy atom. The molecule has 1 aromatic carbocycles. The molecule has 0 saturated carbocycles. The van der Waals surface area contributed by atoms with Gasteiger partial charge in [0.15, 0.2) is 0 Å². The van der Waals surface area contributed by atoms with Gasteiger partial charge in [-0.2, -0.15) is 0 Å². The molecule has 1 N–H and O–H groups in total. The number of benzene rings is 1. The molecule has 0 aliphatic heterocycles. The van der Waals surface area contributed by atoms with E-state index in [1.54, 1.807) is 6.20 Å². The van der Waals surface area contributed by atoms with Crippen LogP contribution in [0.3, 0.4) is 0 Å². The van der Waals surface area contributed by atoms with Gasteiger partial charge in [-0.3, -0.25) is 4.98 Å². The summed E-state index contributed by atoms with van der Waals surface area (Å²) < 4.78 is 26.0. The highest BCUT2D eigenvalue weighted by Gasteiger charge is 1.99. The van der Waals surface area contributed by atoms with Crippen LogP contribution in [0.1, 0.15) is 11.1 Å². The number of aryl methyl sites for hydroxylation is 1. The molecule has 0 aliphatic rings. The van der Waals surface area contributed by atoms with Crippen molar-refractivity contribution in [3.63, 3.8) is 0 Å². The van der Waals surface area contributed by atoms with Crippen LogP contribution in [0.5, 0.6) is 0 Å². The molecule has 2 nitrogen and oxygen atoms in total. The first-order valence-electron chi connectivity index (χ1n) is 5.24. The lowest BCUT2D eigenvalue weighted by molar-refractivity contribution is 0.618. The Morgan fingerprint density at radius 3 is 2.59 bits per heavy atom. The van der Waals surface area contributed by atoms with Gasteiger partial charge < -0.3 is 5.32 Å². The second-order valence-electron chi connectivity index (χ2n) is 3.88. The lowest BCUT2D eigenvalue weighted by atomic mass is 10.2. The van der Waals surface area contributed by atoms with Crippen molar-refractivity contribution in [3.8, 4) is 0 Å². The van der Waals surface area contributed by atoms with Crippen LogP contribution in [0.25, 0.3) is 0 Å². The second kappa shape index (κ2) is 4.91. The Hall–Kier alpha value is -1.97. The van der Waals surface area contributed by atoms with E-state index in [1.807, 2.05) is 13.0 Å². The normalized spacial score (nSPS) is 10.3. The number of pyridine rings is 1. The first kappa shape index (κ1) is 11.5. The maximum absolute atomic E-state index is 13.1. The Balaban J connectivity index is 2.07. The highest BCUT2D eigenvalue weighted by Crippen LogP contribution is 2.14. The monoisotopic (exact) mass is 234 g/mol. The molecule has 1 heterocycles. The molecule has 17 heavy (non-hydrogen) atoms. The minimum atomic E-state index is -0.375. The number of halogens is 2. The van der Waals surface area contributed by atoms with Crippen LogP contribution in [0, 0.1) is 18.6 Å². The van der Waals surface area contributed by atoms with Crippen LogP contribution in [0.15, 0.2) is 36.7 Å². The number of nitrogens with one attached hydrogen (secondary N) is 1. The fraction of sp³-hybridized carbons (Fsp3) is 0.154. The van der Waals surface area contributed by atoms with Crippen molar-refractivity contribution in [2.24, 2.45) is 0 Å². The van der Waals surface area contributed by atoms with E-state index in [0.29, 0.717) is 17.8 Å². The van der Waals surface area contributed by atoms with Crippen molar-refractivity contribution < 1.29 is 8.78 Å². The Labute approximate surface area is 98.3 Å². The van der Waals surface area contributed by atoms with Crippen LogP contribution in [-0.2, 0) is 6.54 Å². The fourth-order valence-corrected chi connectivity index (χ4v) is 1.60. The van der Waals surface area contributed by atoms with Crippen LogP contribution in [-0.4, -0.2) is 4.98 Å². The summed E-state index contributed by atoms with van der Waals surface area (Å²) in [6, 6.07) is 6.08. The number of anilines is 1. The summed E-state index contributed by atoms with van der Waals surface area (Å²) in [5.41, 5.74) is 2.23. The van der Waals surface area contributed by atoms with Gasteiger partial charge in [-0.25, -0.2) is 8.78 Å². The first-order chi connectivity index (χ1) is 8.13. The Kier molecular flexibility index (Phi) is 3.32. The van der Waals surface area contributed by atoms with E-state index in [-0.39, 0.29) is 11.6 Å². The zero-order valence-corrected chi connectivity index (χ0v) is 9.37. The summed E-state index contributed by atoms with van der Waals surface area (Å²) in [4.78, 5) is 3.74. The number of rotatable bonds is 3. The number of hydrogen-bond acceptors (Lipinski definition) is 2. The molecule has 0 saturated heterocycles. The predicted molar refractivity (Wildman–Crippen MR) is 62.7 cm³/mol. The average Bonchev–Trinajstić information content (AvgIpc) is 2.25. The molecule has 0 radical (unpaired) electrons. The first-order valence-corrected chi connectivity index (χ1v) is 5.24. The van der Waals surface area contributed by atoms with Crippen molar-refractivity contribution in [1.82, 2.24) is 4.98 Å². The summed E-state index contributed by atoms with van der Waals surface area (Å²) in [6.07, 6.45) is 2.72. The summed E-state index contributed by atoms with van der Waals surface area (Å²) in [6.45, 7) is 2.23. The minimum absolute atomic E-state index is 0.287. The number of nitrogens with zero attached hydrogens (tertiary/aromatic N) is 1. The van der Waals surface area contributed by atoms with Gasteiger partial charge in [-0.15, -0.1) is 0 Å². The maximum atomic E-state index is 13.1. The predicted octanol–water partition coefficient (Wildman–Crippen LogP) is 3.28. The van der Waals surface area contributed by atoms with Crippen molar-refractivity contribution in [3.05, 3.63) is 59.4 Å². The Bertz CT molecular complexity index is 506. The van der Waals surface area contributed by atoms with Crippen molar-refractivity contribution in [1.29, 1.82) is 0 Å². The molecule has 0 fully saturated rings. The Morgan fingerprint density at radius 1 is 1.06 bits per heavy atom. The van der Waals surface area contributed by atoms with Gasteiger partial charge >= 0.3 is 0 Å². The summed E-state index contributed by atoms with van der Waals surface area (Å²) in [5.74, 6) is -0.662. The number of hydrogen-bond donors (Lipinski definition) is 1. The molecule has 0 aliphatic carbocycles. The molecule has 0 amide bonds.